The van der Waals surface area contributed by atoms with Crippen LogP contribution in [0.4, 0.5) is 11.9 Å². The molecule has 1 amide bonds. The van der Waals surface area contributed by atoms with Gasteiger partial charge in [0.25, 0.3) is 11.9 Å². The van der Waals surface area contributed by atoms with Gasteiger partial charge in [0.2, 0.25) is 5.95 Å². The highest BCUT2D eigenvalue weighted by atomic mass is 32.1. The molecule has 6 nitrogen and oxygen atoms in total. The van der Waals surface area contributed by atoms with Gasteiger partial charge in [0.1, 0.15) is 0 Å². The van der Waals surface area contributed by atoms with E-state index in [4.69, 9.17) is 0 Å². The first-order valence-corrected chi connectivity index (χ1v) is 8.71. The number of carbonyl (C=O) groups excluding carboxylic acids is 1. The summed E-state index contributed by atoms with van der Waals surface area (Å²) in [5.74, 6) is 0.826. The van der Waals surface area contributed by atoms with Gasteiger partial charge < -0.3 is 5.32 Å². The standard InChI is InChI=1S/C17H17N5OS/c1-11-10-13(12-6-3-2-4-7-12)22-17(18-11)20-16(21-22)19-15(23)14-8-5-9-24-14/h2-9,11,13H,10H2,1H3,(H2,18,19,20,21,23)/t11-,13-/m0/s1. The maximum absolute atomic E-state index is 12.2. The summed E-state index contributed by atoms with van der Waals surface area (Å²) in [4.78, 5) is 17.3. The van der Waals surface area contributed by atoms with Crippen LogP contribution in [0.1, 0.15) is 34.6 Å². The van der Waals surface area contributed by atoms with Crippen LogP contribution in [0.2, 0.25) is 0 Å². The van der Waals surface area contributed by atoms with E-state index in [1.165, 1.54) is 16.9 Å². The highest BCUT2D eigenvalue weighted by Gasteiger charge is 2.28. The molecule has 0 radical (unpaired) electrons. The molecule has 3 aromatic rings. The summed E-state index contributed by atoms with van der Waals surface area (Å²) in [7, 11) is 0. The largest absolute Gasteiger partial charge is 0.352 e. The van der Waals surface area contributed by atoms with Gasteiger partial charge in [-0.3, -0.25) is 10.1 Å². The maximum Gasteiger partial charge on any atom is 0.268 e. The summed E-state index contributed by atoms with van der Waals surface area (Å²) in [6, 6.07) is 14.3. The lowest BCUT2D eigenvalue weighted by molar-refractivity contribution is 0.102. The molecule has 0 saturated heterocycles. The molecule has 0 aliphatic carbocycles. The van der Waals surface area contributed by atoms with Crippen LogP contribution in [0.3, 0.4) is 0 Å². The van der Waals surface area contributed by atoms with E-state index in [2.05, 4.69) is 39.8 Å². The molecule has 1 aliphatic heterocycles. The zero-order chi connectivity index (χ0) is 16.5. The fourth-order valence-corrected chi connectivity index (χ4v) is 3.55. The van der Waals surface area contributed by atoms with E-state index in [9.17, 15) is 4.79 Å². The second kappa shape index (κ2) is 6.09. The highest BCUT2D eigenvalue weighted by Crippen LogP contribution is 2.31. The zero-order valence-electron chi connectivity index (χ0n) is 13.1. The molecule has 0 saturated carbocycles. The van der Waals surface area contributed by atoms with Gasteiger partial charge in [-0.1, -0.05) is 36.4 Å². The summed E-state index contributed by atoms with van der Waals surface area (Å²) < 4.78 is 1.86. The van der Waals surface area contributed by atoms with Crippen molar-refractivity contribution in [3.8, 4) is 0 Å². The number of aromatic nitrogens is 3. The van der Waals surface area contributed by atoms with Crippen molar-refractivity contribution in [1.29, 1.82) is 0 Å². The van der Waals surface area contributed by atoms with Crippen LogP contribution in [-0.2, 0) is 0 Å². The molecule has 2 N–H and O–H groups in total. The van der Waals surface area contributed by atoms with Gasteiger partial charge in [0.05, 0.1) is 10.9 Å². The van der Waals surface area contributed by atoms with Crippen LogP contribution in [0.25, 0.3) is 0 Å². The Labute approximate surface area is 143 Å². The maximum atomic E-state index is 12.2. The Bertz CT molecular complexity index is 843. The van der Waals surface area contributed by atoms with E-state index in [-0.39, 0.29) is 18.0 Å². The molecule has 0 spiro atoms. The fourth-order valence-electron chi connectivity index (χ4n) is 2.93. The number of fused-ring (bicyclic) bond motifs is 1. The SMILES string of the molecule is C[C@H]1C[C@@H](c2ccccc2)n2nc(NC(=O)c3cccs3)nc2N1. The summed E-state index contributed by atoms with van der Waals surface area (Å²) in [5, 5.41) is 12.5. The third-order valence-electron chi connectivity index (χ3n) is 4.03. The number of thiophene rings is 1. The molecule has 4 rings (SSSR count). The number of nitrogens with zero attached hydrogens (tertiary/aromatic N) is 3. The summed E-state index contributed by atoms with van der Waals surface area (Å²) >= 11 is 1.39. The van der Waals surface area contributed by atoms with Gasteiger partial charge in [-0.25, -0.2) is 4.68 Å². The molecule has 1 aliphatic rings. The Morgan fingerprint density at radius 1 is 1.29 bits per heavy atom. The Hall–Kier alpha value is -2.67. The number of nitrogens with one attached hydrogen (secondary N) is 2. The van der Waals surface area contributed by atoms with Crippen LogP contribution in [0.5, 0.6) is 0 Å². The van der Waals surface area contributed by atoms with E-state index in [0.717, 1.165) is 6.42 Å². The summed E-state index contributed by atoms with van der Waals surface area (Å²) in [6.45, 7) is 2.12. The lowest BCUT2D eigenvalue weighted by Gasteiger charge is -2.29. The number of carbonyl (C=O) groups is 1. The van der Waals surface area contributed by atoms with Gasteiger partial charge in [-0.15, -0.1) is 16.4 Å². The average molecular weight is 339 g/mol. The third kappa shape index (κ3) is 2.78. The molecular formula is C17H17N5OS. The fraction of sp³-hybridized carbons (Fsp3) is 0.235. The Balaban J connectivity index is 1.63. The molecular weight excluding hydrogens is 322 g/mol. The summed E-state index contributed by atoms with van der Waals surface area (Å²) in [5.41, 5.74) is 1.19. The summed E-state index contributed by atoms with van der Waals surface area (Å²) in [6.07, 6.45) is 0.915. The van der Waals surface area contributed by atoms with Crippen molar-refractivity contribution in [2.24, 2.45) is 0 Å². The molecule has 2 aromatic heterocycles. The number of hydrogen-bond acceptors (Lipinski definition) is 5. The predicted molar refractivity (Wildman–Crippen MR) is 94.6 cm³/mol. The van der Waals surface area contributed by atoms with Crippen LogP contribution in [0, 0.1) is 0 Å². The molecule has 0 bridgehead atoms. The normalized spacial score (nSPS) is 19.4. The Morgan fingerprint density at radius 2 is 2.12 bits per heavy atom. The van der Waals surface area contributed by atoms with Crippen LogP contribution in [-0.4, -0.2) is 26.7 Å². The van der Waals surface area contributed by atoms with Gasteiger partial charge in [0.15, 0.2) is 0 Å². The number of anilines is 2. The molecule has 122 valence electrons. The predicted octanol–water partition coefficient (Wildman–Crippen LogP) is 3.39. The minimum absolute atomic E-state index is 0.109. The quantitative estimate of drug-likeness (QED) is 0.767. The first-order chi connectivity index (χ1) is 11.7. The highest BCUT2D eigenvalue weighted by molar-refractivity contribution is 7.12. The second-order valence-electron chi connectivity index (χ2n) is 5.84. The third-order valence-corrected chi connectivity index (χ3v) is 4.90. The van der Waals surface area contributed by atoms with Gasteiger partial charge >= 0.3 is 0 Å². The number of rotatable bonds is 3. The van der Waals surface area contributed by atoms with E-state index >= 15 is 0 Å². The van der Waals surface area contributed by atoms with E-state index in [0.29, 0.717) is 16.8 Å². The molecule has 0 unspecified atom stereocenters. The molecule has 24 heavy (non-hydrogen) atoms. The van der Waals surface area contributed by atoms with Crippen molar-refractivity contribution in [2.75, 3.05) is 10.6 Å². The van der Waals surface area contributed by atoms with Crippen molar-refractivity contribution in [3.05, 3.63) is 58.3 Å². The molecule has 2 atom stereocenters. The zero-order valence-corrected chi connectivity index (χ0v) is 14.0. The molecule has 1 aromatic carbocycles. The van der Waals surface area contributed by atoms with E-state index in [1.54, 1.807) is 6.07 Å². The number of benzene rings is 1. The van der Waals surface area contributed by atoms with Crippen LogP contribution < -0.4 is 10.6 Å². The first kappa shape index (κ1) is 14.9. The first-order valence-electron chi connectivity index (χ1n) is 7.83. The van der Waals surface area contributed by atoms with Crippen molar-refractivity contribution in [1.82, 2.24) is 14.8 Å². The lowest BCUT2D eigenvalue weighted by Crippen LogP contribution is -2.31. The molecule has 7 heteroatoms. The van der Waals surface area contributed by atoms with Crippen LogP contribution in [0.15, 0.2) is 47.8 Å². The van der Waals surface area contributed by atoms with E-state index in [1.807, 2.05) is 34.3 Å². The average Bonchev–Trinajstić information content (AvgIpc) is 3.24. The van der Waals surface area contributed by atoms with Crippen molar-refractivity contribution < 1.29 is 4.79 Å². The Kier molecular flexibility index (Phi) is 3.78. The van der Waals surface area contributed by atoms with Crippen molar-refractivity contribution in [2.45, 2.75) is 25.4 Å². The monoisotopic (exact) mass is 339 g/mol. The van der Waals surface area contributed by atoms with E-state index < -0.39 is 0 Å². The smallest absolute Gasteiger partial charge is 0.268 e. The Morgan fingerprint density at radius 3 is 2.88 bits per heavy atom. The van der Waals surface area contributed by atoms with Gasteiger partial charge in [-0.05, 0) is 30.4 Å². The number of hydrogen-bond donors (Lipinski definition) is 2. The molecule has 3 heterocycles. The minimum atomic E-state index is -0.183. The number of amides is 1. The topological polar surface area (TPSA) is 71.8 Å². The van der Waals surface area contributed by atoms with Gasteiger partial charge in [-0.2, -0.15) is 4.98 Å². The molecule has 0 fully saturated rings. The second-order valence-corrected chi connectivity index (χ2v) is 6.79. The van der Waals surface area contributed by atoms with Gasteiger partial charge in [0, 0.05) is 6.04 Å². The van der Waals surface area contributed by atoms with Crippen LogP contribution >= 0.6 is 11.3 Å². The lowest BCUT2D eigenvalue weighted by atomic mass is 9.99. The van der Waals surface area contributed by atoms with Crippen molar-refractivity contribution >= 4 is 29.1 Å². The van der Waals surface area contributed by atoms with Crippen molar-refractivity contribution in [3.63, 3.8) is 0 Å². The minimum Gasteiger partial charge on any atom is -0.352 e.